The molecule has 1 saturated carbocycles. The number of hydrogen-bond acceptors (Lipinski definition) is 3. The third-order valence-electron chi connectivity index (χ3n) is 3.12. The van der Waals surface area contributed by atoms with Gasteiger partial charge in [0.2, 0.25) is 0 Å². The average molecular weight is 295 g/mol. The van der Waals surface area contributed by atoms with Crippen LogP contribution in [0.15, 0.2) is 11.4 Å². The lowest BCUT2D eigenvalue weighted by molar-refractivity contribution is 0.0902. The zero-order valence-electron chi connectivity index (χ0n) is 9.53. The Morgan fingerprint density at radius 3 is 2.76 bits per heavy atom. The number of thiophene rings is 1. The molecule has 3 nitrogen and oxygen atoms in total. The van der Waals surface area contributed by atoms with Crippen LogP contribution in [0.5, 0.6) is 0 Å². The fraction of sp³-hybridized carbons (Fsp3) is 0.545. The van der Waals surface area contributed by atoms with Crippen LogP contribution in [0, 0.1) is 5.92 Å². The average Bonchev–Trinajstić information content (AvgIpc) is 3.02. The fourth-order valence-corrected chi connectivity index (χ4v) is 2.85. The number of amides is 1. The number of carbonyl (C=O) groups is 1. The Morgan fingerprint density at radius 1 is 1.71 bits per heavy atom. The van der Waals surface area contributed by atoms with Gasteiger partial charge in [0.15, 0.2) is 0 Å². The molecule has 3 N–H and O–H groups in total. The summed E-state index contributed by atoms with van der Waals surface area (Å²) in [6.45, 7) is 2.47. The maximum absolute atomic E-state index is 12.0. The number of nitrogens with one attached hydrogen (secondary N) is 1. The lowest BCUT2D eigenvalue weighted by Gasteiger charge is -2.29. The van der Waals surface area contributed by atoms with E-state index in [9.17, 15) is 4.79 Å². The molecule has 0 aromatic carbocycles. The van der Waals surface area contributed by atoms with E-state index in [1.807, 2.05) is 12.3 Å². The van der Waals surface area contributed by atoms with Crippen molar-refractivity contribution in [1.82, 2.24) is 5.32 Å². The Morgan fingerprint density at radius 2 is 2.35 bits per heavy atom. The van der Waals surface area contributed by atoms with Crippen LogP contribution in [0.2, 0.25) is 5.02 Å². The normalized spacial score (nSPS) is 18.1. The molecule has 1 aliphatic rings. The van der Waals surface area contributed by atoms with Gasteiger partial charge in [0.1, 0.15) is 4.88 Å². The largest absolute Gasteiger partial charge is 0.345 e. The Kier molecular flexibility index (Phi) is 4.84. The molecule has 96 valence electrons. The van der Waals surface area contributed by atoms with Gasteiger partial charge in [-0.3, -0.25) is 4.79 Å². The Labute approximate surface area is 116 Å². The summed E-state index contributed by atoms with van der Waals surface area (Å²) in [6, 6.07) is 1.73. The zero-order valence-corrected chi connectivity index (χ0v) is 11.9. The lowest BCUT2D eigenvalue weighted by atomic mass is 9.96. The van der Waals surface area contributed by atoms with Crippen molar-refractivity contribution in [3.63, 3.8) is 0 Å². The van der Waals surface area contributed by atoms with Crippen molar-refractivity contribution in [2.75, 3.05) is 6.54 Å². The van der Waals surface area contributed by atoms with E-state index in [1.165, 1.54) is 11.3 Å². The van der Waals surface area contributed by atoms with E-state index >= 15 is 0 Å². The molecular weight excluding hydrogens is 279 g/mol. The Bertz CT molecular complexity index is 406. The van der Waals surface area contributed by atoms with Gasteiger partial charge < -0.3 is 11.1 Å². The molecule has 1 amide bonds. The molecule has 0 saturated heterocycles. The summed E-state index contributed by atoms with van der Waals surface area (Å²) in [7, 11) is 0. The molecule has 6 heteroatoms. The molecule has 2 rings (SSSR count). The van der Waals surface area contributed by atoms with E-state index in [4.69, 9.17) is 17.3 Å². The van der Waals surface area contributed by atoms with Crippen LogP contribution in [0.3, 0.4) is 0 Å². The molecule has 1 fully saturated rings. The quantitative estimate of drug-likeness (QED) is 0.897. The van der Waals surface area contributed by atoms with Gasteiger partial charge in [0.25, 0.3) is 5.91 Å². The fourth-order valence-electron chi connectivity index (χ4n) is 1.81. The first-order valence-corrected chi connectivity index (χ1v) is 6.58. The van der Waals surface area contributed by atoms with E-state index in [-0.39, 0.29) is 23.9 Å². The van der Waals surface area contributed by atoms with Crippen molar-refractivity contribution >= 4 is 41.3 Å². The molecule has 0 radical (unpaired) electrons. The summed E-state index contributed by atoms with van der Waals surface area (Å²) in [6.07, 6.45) is 2.29. The molecule has 1 heterocycles. The van der Waals surface area contributed by atoms with E-state index in [1.54, 1.807) is 6.07 Å². The number of halogens is 2. The highest BCUT2D eigenvalue weighted by Gasteiger charge is 2.41. The van der Waals surface area contributed by atoms with Gasteiger partial charge in [0, 0.05) is 6.54 Å². The second-order valence-electron chi connectivity index (χ2n) is 4.45. The van der Waals surface area contributed by atoms with Gasteiger partial charge in [-0.2, -0.15) is 0 Å². The van der Waals surface area contributed by atoms with Gasteiger partial charge in [-0.05, 0) is 37.1 Å². The van der Waals surface area contributed by atoms with Crippen molar-refractivity contribution in [3.05, 3.63) is 21.3 Å². The van der Waals surface area contributed by atoms with Gasteiger partial charge in [-0.15, -0.1) is 23.7 Å². The number of hydrogen-bond donors (Lipinski definition) is 2. The predicted octanol–water partition coefficient (Wildman–Crippen LogP) is 2.68. The van der Waals surface area contributed by atoms with Gasteiger partial charge >= 0.3 is 0 Å². The Hall–Kier alpha value is -0.290. The van der Waals surface area contributed by atoms with Crippen LogP contribution in [0.1, 0.15) is 29.4 Å². The summed E-state index contributed by atoms with van der Waals surface area (Å²) >= 11 is 7.28. The minimum atomic E-state index is -0.287. The molecule has 1 atom stereocenters. The SMILES string of the molecule is CC(CN)(NC(=O)c1sccc1Cl)C1CC1.Cl. The van der Waals surface area contributed by atoms with E-state index < -0.39 is 0 Å². The molecule has 1 aromatic rings. The zero-order chi connectivity index (χ0) is 11.8. The number of carbonyl (C=O) groups excluding carboxylic acids is 1. The number of rotatable bonds is 4. The second-order valence-corrected chi connectivity index (χ2v) is 5.77. The standard InChI is InChI=1S/C11H15ClN2OS.ClH/c1-11(6-13,7-2-3-7)14-10(15)9-8(12)4-5-16-9;/h4-5,7H,2-3,6,13H2,1H3,(H,14,15);1H. The maximum atomic E-state index is 12.0. The monoisotopic (exact) mass is 294 g/mol. The first kappa shape index (κ1) is 14.8. The minimum Gasteiger partial charge on any atom is -0.345 e. The third kappa shape index (κ3) is 3.13. The molecule has 0 aliphatic heterocycles. The molecule has 0 bridgehead atoms. The van der Waals surface area contributed by atoms with E-state index in [2.05, 4.69) is 5.32 Å². The summed E-state index contributed by atoms with van der Waals surface area (Å²) in [5.74, 6) is 0.403. The van der Waals surface area contributed by atoms with E-state index in [0.29, 0.717) is 22.4 Å². The molecule has 0 spiro atoms. The molecule has 1 aromatic heterocycles. The highest BCUT2D eigenvalue weighted by atomic mass is 35.5. The van der Waals surface area contributed by atoms with Crippen LogP contribution >= 0.6 is 35.3 Å². The van der Waals surface area contributed by atoms with Crippen molar-refractivity contribution in [2.24, 2.45) is 11.7 Å². The van der Waals surface area contributed by atoms with Crippen LogP contribution in [0.25, 0.3) is 0 Å². The van der Waals surface area contributed by atoms with Crippen LogP contribution < -0.4 is 11.1 Å². The summed E-state index contributed by atoms with van der Waals surface area (Å²) in [5, 5.41) is 5.34. The first-order valence-electron chi connectivity index (χ1n) is 5.32. The molecule has 1 unspecified atom stereocenters. The highest BCUT2D eigenvalue weighted by molar-refractivity contribution is 7.12. The van der Waals surface area contributed by atoms with Crippen molar-refractivity contribution in [2.45, 2.75) is 25.3 Å². The minimum absolute atomic E-state index is 0. The van der Waals surface area contributed by atoms with Gasteiger partial charge in [-0.1, -0.05) is 11.6 Å². The number of nitrogens with two attached hydrogens (primary N) is 1. The summed E-state index contributed by atoms with van der Waals surface area (Å²) < 4.78 is 0. The molecule has 17 heavy (non-hydrogen) atoms. The van der Waals surface area contributed by atoms with Crippen LogP contribution in [0.4, 0.5) is 0 Å². The van der Waals surface area contributed by atoms with Crippen molar-refractivity contribution < 1.29 is 4.79 Å². The van der Waals surface area contributed by atoms with Crippen LogP contribution in [-0.4, -0.2) is 18.0 Å². The second kappa shape index (κ2) is 5.57. The smallest absolute Gasteiger partial charge is 0.263 e. The summed E-state index contributed by atoms with van der Waals surface area (Å²) in [5.41, 5.74) is 5.46. The van der Waals surface area contributed by atoms with E-state index in [0.717, 1.165) is 12.8 Å². The topological polar surface area (TPSA) is 55.1 Å². The molecule has 1 aliphatic carbocycles. The maximum Gasteiger partial charge on any atom is 0.263 e. The van der Waals surface area contributed by atoms with Gasteiger partial charge in [-0.25, -0.2) is 0 Å². The highest BCUT2D eigenvalue weighted by Crippen LogP contribution is 2.39. The predicted molar refractivity (Wildman–Crippen MR) is 74.2 cm³/mol. The molecular formula is C11H16Cl2N2OS. The van der Waals surface area contributed by atoms with Crippen molar-refractivity contribution in [3.8, 4) is 0 Å². The lowest BCUT2D eigenvalue weighted by Crippen LogP contribution is -2.53. The van der Waals surface area contributed by atoms with Crippen LogP contribution in [-0.2, 0) is 0 Å². The third-order valence-corrected chi connectivity index (χ3v) is 4.47. The summed E-state index contributed by atoms with van der Waals surface area (Å²) in [4.78, 5) is 12.6. The first-order chi connectivity index (χ1) is 7.57. The van der Waals surface area contributed by atoms with Gasteiger partial charge in [0.05, 0.1) is 10.6 Å². The van der Waals surface area contributed by atoms with Crippen molar-refractivity contribution in [1.29, 1.82) is 0 Å². The Balaban J connectivity index is 0.00000144.